The molecule has 0 aliphatic carbocycles. The molecule has 0 aromatic rings. The first-order valence-corrected chi connectivity index (χ1v) is 35.0. The number of aliphatic imine (C=N–C) groups is 6. The summed E-state index contributed by atoms with van der Waals surface area (Å²) in [5.41, 5.74) is 72.1. The lowest BCUT2D eigenvalue weighted by atomic mass is 10.0. The summed E-state index contributed by atoms with van der Waals surface area (Å²) in [6.45, 7) is 0.0696. The van der Waals surface area contributed by atoms with Crippen molar-refractivity contribution in [3.05, 3.63) is 0 Å². The Morgan fingerprint density at radius 1 is 0.457 bits per heavy atom. The molecular formula is C60H112N30O14S. The zero-order valence-electron chi connectivity index (χ0n) is 59.5. The summed E-state index contributed by atoms with van der Waals surface area (Å²) in [5.74, 6) is -13.7. The molecule has 0 saturated carbocycles. The van der Waals surface area contributed by atoms with Gasteiger partial charge < -0.3 is 138 Å². The molecule has 1 fully saturated rings. The minimum Gasteiger partial charge on any atom is -0.480 e. The predicted molar refractivity (Wildman–Crippen MR) is 394 cm³/mol. The number of primary amides is 1. The molecule has 1 aliphatic rings. The third-order valence-corrected chi connectivity index (χ3v) is 15.8. The van der Waals surface area contributed by atoms with Crippen LogP contribution in [-0.4, -0.2) is 242 Å². The van der Waals surface area contributed by atoms with Gasteiger partial charge in [0.05, 0.1) is 6.54 Å². The van der Waals surface area contributed by atoms with Gasteiger partial charge in [-0.2, -0.15) is 12.6 Å². The zero-order valence-corrected chi connectivity index (χ0v) is 60.3. The number of carbonyl (C=O) groups excluding carboxylic acids is 12. The molecule has 0 radical (unpaired) electrons. The van der Waals surface area contributed by atoms with Crippen LogP contribution in [0.15, 0.2) is 30.0 Å². The monoisotopic (exact) mass is 1510 g/mol. The number of nitrogens with zero attached hydrogens (tertiary/aromatic N) is 7. The Morgan fingerprint density at radius 2 is 0.829 bits per heavy atom. The largest absolute Gasteiger partial charge is 0.480 e. The standard InChI is InChI=1S/C60H112N30O14S/c1-33-46(95)84-36(15-9-26-77-57(66)67)51(100)88-40(18-12-29-80-60(72)73)53(102)90(30-6-5-23-74-43(92)19-3-2-4-20-44(93)82-34(13-7-24-75-55(62)63)48(97)87-39(47(96)81-33)21-22-42(61)91)31-45(94)83-35(14-8-25-76-56(64)65)49(98)85-37(16-10-27-78-58(68)69)50(99)86-38(17-11-28-79-59(70)71)52(101)89-41(32-105)54(103)104/h33-41,105H,2-32H2,1H3,(H2,61,91)(H,74,92)(H,81,96)(H,82,93)(H,83,94)(H,84,95)(H,85,98)(H,86,99)(H,87,97)(H,88,100)(H,89,101)(H,103,104)(H4,62,63,75)(H4,64,65,76)(H4,66,67,77)(H4,68,69,78)(H4,70,71,79)(H4,72,73,80)/t33-,34-,35-,36-,37-,38-,39-,40-,41-/m0/s1. The van der Waals surface area contributed by atoms with Crippen LogP contribution in [0.4, 0.5) is 0 Å². The summed E-state index contributed by atoms with van der Waals surface area (Å²) >= 11 is 4.01. The van der Waals surface area contributed by atoms with Crippen LogP contribution in [0.5, 0.6) is 0 Å². The highest BCUT2D eigenvalue weighted by Gasteiger charge is 2.36. The van der Waals surface area contributed by atoms with Crippen molar-refractivity contribution in [3.8, 4) is 0 Å². The van der Waals surface area contributed by atoms with Gasteiger partial charge in [-0.25, -0.2) is 4.79 Å². The molecule has 9 atom stereocenters. The Bertz CT molecular complexity index is 3040. The fourth-order valence-electron chi connectivity index (χ4n) is 10.1. The van der Waals surface area contributed by atoms with E-state index in [1.807, 2.05) is 0 Å². The van der Waals surface area contributed by atoms with E-state index < -0.39 is 138 Å². The van der Waals surface area contributed by atoms with E-state index in [2.05, 4.69) is 95.8 Å². The van der Waals surface area contributed by atoms with Crippen molar-refractivity contribution >= 4 is 125 Å². The molecule has 592 valence electrons. The number of hydrogen-bond acceptors (Lipinski definition) is 20. The number of guanidine groups is 6. The zero-order chi connectivity index (χ0) is 79.0. The van der Waals surface area contributed by atoms with Crippen LogP contribution in [0.2, 0.25) is 0 Å². The maximum absolute atomic E-state index is 15.3. The molecule has 0 bridgehead atoms. The number of carboxylic acids is 1. The highest BCUT2D eigenvalue weighted by molar-refractivity contribution is 7.80. The van der Waals surface area contributed by atoms with E-state index in [0.717, 1.165) is 4.90 Å². The number of thiol groups is 1. The first-order valence-electron chi connectivity index (χ1n) is 34.3. The lowest BCUT2D eigenvalue weighted by Crippen LogP contribution is -2.59. The molecule has 105 heavy (non-hydrogen) atoms. The number of aliphatic carboxylic acids is 1. The first-order chi connectivity index (χ1) is 49.6. The highest BCUT2D eigenvalue weighted by Crippen LogP contribution is 2.13. The van der Waals surface area contributed by atoms with Crippen LogP contribution in [0.3, 0.4) is 0 Å². The Labute approximate surface area is 613 Å². The van der Waals surface area contributed by atoms with Gasteiger partial charge in [-0.15, -0.1) is 0 Å². The number of hydrogen-bond donors (Lipinski definition) is 25. The van der Waals surface area contributed by atoms with Crippen molar-refractivity contribution < 1.29 is 67.4 Å². The Kier molecular flexibility index (Phi) is 45.7. The summed E-state index contributed by atoms with van der Waals surface area (Å²) in [7, 11) is 0. The van der Waals surface area contributed by atoms with Crippen LogP contribution in [0.25, 0.3) is 0 Å². The van der Waals surface area contributed by atoms with Gasteiger partial charge in [-0.3, -0.25) is 87.5 Å². The van der Waals surface area contributed by atoms with Gasteiger partial charge in [0.2, 0.25) is 70.9 Å². The number of carboxylic acid groups (broad SMARTS) is 1. The highest BCUT2D eigenvalue weighted by atomic mass is 32.1. The van der Waals surface area contributed by atoms with Crippen LogP contribution >= 0.6 is 12.6 Å². The summed E-state index contributed by atoms with van der Waals surface area (Å²) in [4.78, 5) is 205. The maximum atomic E-state index is 15.3. The van der Waals surface area contributed by atoms with Crippen molar-refractivity contribution in [3.63, 3.8) is 0 Å². The summed E-state index contributed by atoms with van der Waals surface area (Å²) in [6.07, 6.45) is -0.0586. The van der Waals surface area contributed by atoms with E-state index >= 15 is 4.79 Å². The van der Waals surface area contributed by atoms with E-state index in [-0.39, 0.29) is 209 Å². The van der Waals surface area contributed by atoms with Crippen molar-refractivity contribution in [1.82, 2.24) is 58.1 Å². The van der Waals surface area contributed by atoms with Crippen LogP contribution in [0, 0.1) is 0 Å². The van der Waals surface area contributed by atoms with Gasteiger partial charge >= 0.3 is 5.97 Å². The van der Waals surface area contributed by atoms with Gasteiger partial charge in [-0.1, -0.05) is 6.42 Å². The number of nitrogens with one attached hydrogen (secondary N) is 10. The smallest absolute Gasteiger partial charge is 0.327 e. The molecule has 0 unspecified atom stereocenters. The molecule has 12 amide bonds. The van der Waals surface area contributed by atoms with Crippen LogP contribution < -0.4 is 128 Å². The Hall–Kier alpha value is -10.9. The average molecular weight is 1510 g/mol. The minimum atomic E-state index is -1.54. The van der Waals surface area contributed by atoms with Crippen molar-refractivity contribution in [2.75, 3.05) is 64.7 Å². The lowest BCUT2D eigenvalue weighted by molar-refractivity contribution is -0.141. The number of carbonyl (C=O) groups is 13. The van der Waals surface area contributed by atoms with Gasteiger partial charge in [0.15, 0.2) is 35.8 Å². The van der Waals surface area contributed by atoms with E-state index in [0.29, 0.717) is 19.3 Å². The molecule has 44 nitrogen and oxygen atoms in total. The Balaban J connectivity index is 4.10. The second kappa shape index (κ2) is 52.1. The normalized spacial score (nSPS) is 18.8. The fraction of sp³-hybridized carbons (Fsp3) is 0.683. The minimum absolute atomic E-state index is 0.00728. The van der Waals surface area contributed by atoms with Gasteiger partial charge in [0, 0.05) is 77.4 Å². The number of nitrogens with two attached hydrogens (primary N) is 13. The van der Waals surface area contributed by atoms with Crippen LogP contribution in [0.1, 0.15) is 142 Å². The summed E-state index contributed by atoms with van der Waals surface area (Å²) < 4.78 is 0. The predicted octanol–water partition coefficient (Wildman–Crippen LogP) is -10.3. The van der Waals surface area contributed by atoms with Gasteiger partial charge in [-0.05, 0) is 116 Å². The molecule has 0 aromatic heterocycles. The lowest BCUT2D eigenvalue weighted by Gasteiger charge is -2.30. The molecule has 0 spiro atoms. The quantitative estimate of drug-likeness (QED) is 0.0118. The van der Waals surface area contributed by atoms with Crippen LogP contribution in [-0.2, 0) is 62.3 Å². The maximum Gasteiger partial charge on any atom is 0.327 e. The number of rotatable bonds is 38. The van der Waals surface area contributed by atoms with Crippen molar-refractivity contribution in [1.29, 1.82) is 0 Å². The third-order valence-electron chi connectivity index (χ3n) is 15.5. The topological polar surface area (TPSA) is 778 Å². The average Bonchev–Trinajstić information content (AvgIpc) is 0.856. The third kappa shape index (κ3) is 43.0. The summed E-state index contributed by atoms with van der Waals surface area (Å²) in [5, 5.41) is 35.5. The summed E-state index contributed by atoms with van der Waals surface area (Å²) in [6, 6.07) is -13.3. The fourth-order valence-corrected chi connectivity index (χ4v) is 10.3. The molecule has 37 N–H and O–H groups in total. The first kappa shape index (κ1) is 92.1. The molecule has 1 rings (SSSR count). The molecule has 45 heteroatoms. The molecule has 1 aliphatic heterocycles. The number of amides is 12. The van der Waals surface area contributed by atoms with Crippen molar-refractivity contribution in [2.24, 2.45) is 104 Å². The van der Waals surface area contributed by atoms with Gasteiger partial charge in [0.25, 0.3) is 0 Å². The second-order valence-electron chi connectivity index (χ2n) is 24.4. The molecule has 1 heterocycles. The second-order valence-corrected chi connectivity index (χ2v) is 24.8. The van der Waals surface area contributed by atoms with E-state index in [1.54, 1.807) is 0 Å². The van der Waals surface area contributed by atoms with Crippen molar-refractivity contribution in [2.45, 2.75) is 196 Å². The molecule has 0 aromatic carbocycles. The van der Waals surface area contributed by atoms with E-state index in [1.165, 1.54) is 6.92 Å². The van der Waals surface area contributed by atoms with Gasteiger partial charge in [0.1, 0.15) is 54.4 Å². The SMILES string of the molecule is C[C@@H]1NC(=O)[C@H](CCC(N)=O)NC(=O)[C@H](CCCN=C(N)N)NC(=O)CCCCCC(=O)NCCCCN(CC(=O)N[C@@H](CCCN=C(N)N)C(=O)N[C@@H](CCCN=C(N)N)C(=O)N[C@@H](CCCN=C(N)N)C(=O)N[C@@H](CS)C(=O)O)C(=O)[C@H](CCCN=C(N)N)NC(=O)[C@H](CCCN=C(N)N)NC1=O. The Morgan fingerprint density at radius 3 is 1.26 bits per heavy atom. The molecule has 1 saturated heterocycles. The molecular weight excluding hydrogens is 1400 g/mol. The van der Waals surface area contributed by atoms with E-state index in [4.69, 9.17) is 74.5 Å². The van der Waals surface area contributed by atoms with E-state index in [9.17, 15) is 62.6 Å².